The van der Waals surface area contributed by atoms with Crippen LogP contribution in [0.4, 0.5) is 0 Å². The lowest BCUT2D eigenvalue weighted by atomic mass is 9.98. The van der Waals surface area contributed by atoms with Crippen LogP contribution in [0.25, 0.3) is 21.9 Å². The Morgan fingerprint density at radius 3 is 2.44 bits per heavy atom. The van der Waals surface area contributed by atoms with E-state index in [0.717, 1.165) is 16.5 Å². The zero-order valence-electron chi connectivity index (χ0n) is 9.60. The summed E-state index contributed by atoms with van der Waals surface area (Å²) in [5, 5.41) is 12.5. The summed E-state index contributed by atoms with van der Waals surface area (Å²) >= 11 is 5.99. The van der Waals surface area contributed by atoms with Gasteiger partial charge in [0.25, 0.3) is 0 Å². The molecule has 0 saturated carbocycles. The van der Waals surface area contributed by atoms with Crippen molar-refractivity contribution in [3.63, 3.8) is 0 Å². The van der Waals surface area contributed by atoms with Crippen LogP contribution in [0.2, 0.25) is 5.02 Å². The molecule has 0 aliphatic carbocycles. The highest BCUT2D eigenvalue weighted by Gasteiger charge is 2.05. The van der Waals surface area contributed by atoms with Gasteiger partial charge in [0.2, 0.25) is 0 Å². The molecule has 0 fully saturated rings. The van der Waals surface area contributed by atoms with Crippen molar-refractivity contribution in [2.24, 2.45) is 0 Å². The summed E-state index contributed by atoms with van der Waals surface area (Å²) in [6.45, 7) is 0. The molecule has 0 spiro atoms. The van der Waals surface area contributed by atoms with Crippen molar-refractivity contribution >= 4 is 22.4 Å². The number of hydrogen-bond acceptors (Lipinski definition) is 1. The Kier molecular flexibility index (Phi) is 2.69. The quantitative estimate of drug-likeness (QED) is 0.657. The zero-order valence-corrected chi connectivity index (χ0v) is 10.4. The molecule has 3 aromatic rings. The van der Waals surface area contributed by atoms with Crippen LogP contribution in [0.3, 0.4) is 0 Å². The normalized spacial score (nSPS) is 10.7. The minimum atomic E-state index is 0.186. The number of hydrogen-bond donors (Lipinski definition) is 1. The average molecular weight is 255 g/mol. The van der Waals surface area contributed by atoms with Crippen LogP contribution in [-0.4, -0.2) is 5.11 Å². The lowest BCUT2D eigenvalue weighted by Gasteiger charge is -2.07. The maximum Gasteiger partial charge on any atom is 0.117 e. The van der Waals surface area contributed by atoms with E-state index in [1.165, 1.54) is 11.5 Å². The predicted molar refractivity (Wildman–Crippen MR) is 76.1 cm³/mol. The number of phenols is 1. The van der Waals surface area contributed by atoms with Crippen LogP contribution in [0.15, 0.2) is 60.7 Å². The van der Waals surface area contributed by atoms with E-state index in [2.05, 4.69) is 18.2 Å². The third kappa shape index (κ3) is 1.93. The topological polar surface area (TPSA) is 20.2 Å². The molecule has 0 aliphatic heterocycles. The molecule has 0 heterocycles. The highest BCUT2D eigenvalue weighted by Crippen LogP contribution is 2.32. The second-order valence-corrected chi connectivity index (χ2v) is 4.66. The van der Waals surface area contributed by atoms with E-state index < -0.39 is 0 Å². The zero-order chi connectivity index (χ0) is 12.5. The molecule has 1 N–H and O–H groups in total. The van der Waals surface area contributed by atoms with Crippen molar-refractivity contribution in [3.8, 4) is 16.9 Å². The van der Waals surface area contributed by atoms with Crippen molar-refractivity contribution in [1.29, 1.82) is 0 Å². The monoisotopic (exact) mass is 254 g/mol. The van der Waals surface area contributed by atoms with E-state index in [9.17, 15) is 5.11 Å². The molecule has 0 saturated heterocycles. The molecule has 88 valence electrons. The van der Waals surface area contributed by atoms with Crippen LogP contribution in [-0.2, 0) is 0 Å². The van der Waals surface area contributed by atoms with Gasteiger partial charge < -0.3 is 5.11 Å². The number of aromatic hydroxyl groups is 1. The Labute approximate surface area is 110 Å². The predicted octanol–water partition coefficient (Wildman–Crippen LogP) is 4.87. The molecular formula is C16H11ClO. The Morgan fingerprint density at radius 2 is 1.61 bits per heavy atom. The first kappa shape index (κ1) is 11.1. The number of rotatable bonds is 1. The summed E-state index contributed by atoms with van der Waals surface area (Å²) in [5.74, 6) is 0.186. The Morgan fingerprint density at radius 1 is 0.833 bits per heavy atom. The third-order valence-electron chi connectivity index (χ3n) is 2.98. The molecule has 0 aromatic heterocycles. The molecule has 3 aromatic carbocycles. The Bertz CT molecular complexity index is 694. The van der Waals surface area contributed by atoms with Crippen LogP contribution in [0.1, 0.15) is 0 Å². The first-order valence-electron chi connectivity index (χ1n) is 5.72. The summed E-state index contributed by atoms with van der Waals surface area (Å²) in [6.07, 6.45) is 0. The van der Waals surface area contributed by atoms with Gasteiger partial charge in [0.1, 0.15) is 5.75 Å². The van der Waals surface area contributed by atoms with Gasteiger partial charge in [0.15, 0.2) is 0 Å². The summed E-state index contributed by atoms with van der Waals surface area (Å²) < 4.78 is 0. The molecule has 2 heteroatoms. The summed E-state index contributed by atoms with van der Waals surface area (Å²) in [7, 11) is 0. The second kappa shape index (κ2) is 4.35. The molecule has 0 radical (unpaired) electrons. The van der Waals surface area contributed by atoms with Crippen molar-refractivity contribution in [2.75, 3.05) is 0 Å². The van der Waals surface area contributed by atoms with Gasteiger partial charge in [-0.2, -0.15) is 0 Å². The van der Waals surface area contributed by atoms with Gasteiger partial charge in [0.05, 0.1) is 0 Å². The smallest absolute Gasteiger partial charge is 0.117 e. The Hall–Kier alpha value is -1.99. The Balaban J connectivity index is 2.31. The fourth-order valence-electron chi connectivity index (χ4n) is 2.21. The maximum absolute atomic E-state index is 9.64. The number of halogens is 1. The molecule has 3 rings (SSSR count). The van der Waals surface area contributed by atoms with E-state index in [0.29, 0.717) is 5.02 Å². The van der Waals surface area contributed by atoms with Gasteiger partial charge >= 0.3 is 0 Å². The first-order chi connectivity index (χ1) is 8.74. The van der Waals surface area contributed by atoms with Gasteiger partial charge in [0, 0.05) is 5.02 Å². The summed E-state index contributed by atoms with van der Waals surface area (Å²) in [4.78, 5) is 0. The van der Waals surface area contributed by atoms with Crippen LogP contribution in [0, 0.1) is 0 Å². The fraction of sp³-hybridized carbons (Fsp3) is 0. The highest BCUT2D eigenvalue weighted by atomic mass is 35.5. The van der Waals surface area contributed by atoms with Crippen molar-refractivity contribution in [2.45, 2.75) is 0 Å². The van der Waals surface area contributed by atoms with Gasteiger partial charge in [-0.05, 0) is 40.1 Å². The first-order valence-corrected chi connectivity index (χ1v) is 6.09. The number of fused-ring (bicyclic) bond motifs is 1. The molecule has 0 aliphatic rings. The maximum atomic E-state index is 9.64. The lowest BCUT2D eigenvalue weighted by molar-refractivity contribution is 0.475. The molecule has 0 unspecified atom stereocenters. The average Bonchev–Trinajstić information content (AvgIpc) is 2.37. The second-order valence-electron chi connectivity index (χ2n) is 4.22. The van der Waals surface area contributed by atoms with Gasteiger partial charge in [-0.25, -0.2) is 0 Å². The van der Waals surface area contributed by atoms with E-state index >= 15 is 0 Å². The van der Waals surface area contributed by atoms with Gasteiger partial charge in [-0.1, -0.05) is 54.1 Å². The SMILES string of the molecule is Oc1cc(Cl)cc(-c2cccc3ccccc23)c1. The van der Waals surface area contributed by atoms with E-state index in [1.807, 2.05) is 30.3 Å². The van der Waals surface area contributed by atoms with Crippen LogP contribution >= 0.6 is 11.6 Å². The van der Waals surface area contributed by atoms with Crippen LogP contribution in [0.5, 0.6) is 5.75 Å². The molecule has 0 amide bonds. The van der Waals surface area contributed by atoms with E-state index in [4.69, 9.17) is 11.6 Å². The molecule has 0 bridgehead atoms. The number of phenolic OH excluding ortho intramolecular Hbond substituents is 1. The fourth-order valence-corrected chi connectivity index (χ4v) is 2.44. The van der Waals surface area contributed by atoms with Crippen molar-refractivity contribution in [1.82, 2.24) is 0 Å². The third-order valence-corrected chi connectivity index (χ3v) is 3.20. The molecule has 1 nitrogen and oxygen atoms in total. The minimum Gasteiger partial charge on any atom is -0.508 e. The lowest BCUT2D eigenvalue weighted by Crippen LogP contribution is -1.81. The van der Waals surface area contributed by atoms with Crippen LogP contribution < -0.4 is 0 Å². The molecular weight excluding hydrogens is 244 g/mol. The highest BCUT2D eigenvalue weighted by molar-refractivity contribution is 6.31. The van der Waals surface area contributed by atoms with Crippen molar-refractivity contribution in [3.05, 3.63) is 65.7 Å². The summed E-state index contributed by atoms with van der Waals surface area (Å²) in [5.41, 5.74) is 2.00. The van der Waals surface area contributed by atoms with Gasteiger partial charge in [-0.15, -0.1) is 0 Å². The van der Waals surface area contributed by atoms with E-state index in [-0.39, 0.29) is 5.75 Å². The molecule has 18 heavy (non-hydrogen) atoms. The molecule has 0 atom stereocenters. The van der Waals surface area contributed by atoms with E-state index in [1.54, 1.807) is 6.07 Å². The summed E-state index contributed by atoms with van der Waals surface area (Å²) in [6, 6.07) is 19.4. The number of benzene rings is 3. The van der Waals surface area contributed by atoms with Gasteiger partial charge in [-0.3, -0.25) is 0 Å². The largest absolute Gasteiger partial charge is 0.508 e. The van der Waals surface area contributed by atoms with Crippen molar-refractivity contribution < 1.29 is 5.11 Å². The standard InChI is InChI=1S/C16H11ClO/c17-13-8-12(9-14(18)10-13)16-7-3-5-11-4-1-2-6-15(11)16/h1-10,18H. The minimum absolute atomic E-state index is 0.186.